The van der Waals surface area contributed by atoms with Crippen LogP contribution in [0.15, 0.2) is 30.5 Å². The maximum absolute atomic E-state index is 2.34. The van der Waals surface area contributed by atoms with E-state index in [-0.39, 0.29) is 0 Å². The van der Waals surface area contributed by atoms with Gasteiger partial charge in [-0.2, -0.15) is 0 Å². The number of aromatic nitrogens is 1. The molecule has 1 nitrogen and oxygen atoms in total. The van der Waals surface area contributed by atoms with Crippen LogP contribution in [0.1, 0.15) is 51.6 Å². The van der Waals surface area contributed by atoms with Crippen LogP contribution in [0.3, 0.4) is 0 Å². The third kappa shape index (κ3) is 1.87. The Morgan fingerprint density at radius 3 is 2.50 bits per heavy atom. The lowest BCUT2D eigenvalue weighted by Crippen LogP contribution is -1.98. The summed E-state index contributed by atoms with van der Waals surface area (Å²) in [6.07, 6.45) is 3.39. The van der Waals surface area contributed by atoms with Gasteiger partial charge >= 0.3 is 0 Å². The summed E-state index contributed by atoms with van der Waals surface area (Å²) in [5.74, 6) is 0.659. The highest BCUT2D eigenvalue weighted by Gasteiger charge is 2.07. The Labute approximate surface area is 98.1 Å². The van der Waals surface area contributed by atoms with Crippen LogP contribution in [0.4, 0.5) is 0 Å². The summed E-state index contributed by atoms with van der Waals surface area (Å²) in [4.78, 5) is 0. The van der Waals surface area contributed by atoms with Crippen molar-refractivity contribution in [2.45, 2.75) is 46.1 Å². The van der Waals surface area contributed by atoms with E-state index >= 15 is 0 Å². The number of hydrogen-bond acceptors (Lipinski definition) is 0. The fourth-order valence-electron chi connectivity index (χ4n) is 2.18. The van der Waals surface area contributed by atoms with Crippen molar-refractivity contribution < 1.29 is 0 Å². The van der Waals surface area contributed by atoms with E-state index in [0.717, 1.165) is 0 Å². The van der Waals surface area contributed by atoms with Gasteiger partial charge in [-0.05, 0) is 55.3 Å². The predicted octanol–water partition coefficient (Wildman–Crippen LogP) is 4.74. The molecule has 0 aliphatic carbocycles. The highest BCUT2D eigenvalue weighted by atomic mass is 15.0. The monoisotopic (exact) mass is 215 g/mol. The largest absolute Gasteiger partial charge is 0.345 e. The fourth-order valence-corrected chi connectivity index (χ4v) is 2.18. The quantitative estimate of drug-likeness (QED) is 0.697. The van der Waals surface area contributed by atoms with Gasteiger partial charge in [0.05, 0.1) is 0 Å². The van der Waals surface area contributed by atoms with Crippen molar-refractivity contribution in [2.24, 2.45) is 0 Å². The molecule has 1 unspecified atom stereocenters. The molecule has 0 saturated heterocycles. The average Bonchev–Trinajstić information content (AvgIpc) is 2.70. The molecule has 0 fully saturated rings. The molecule has 2 rings (SSSR count). The van der Waals surface area contributed by atoms with Gasteiger partial charge in [0.25, 0.3) is 0 Å². The molecular formula is C15H21N. The molecule has 86 valence electrons. The van der Waals surface area contributed by atoms with Crippen molar-refractivity contribution in [1.82, 2.24) is 4.57 Å². The third-order valence-electron chi connectivity index (χ3n) is 3.48. The van der Waals surface area contributed by atoms with E-state index in [1.165, 1.54) is 22.9 Å². The first-order chi connectivity index (χ1) is 7.63. The lowest BCUT2D eigenvalue weighted by molar-refractivity contribution is 0.623. The van der Waals surface area contributed by atoms with E-state index in [0.29, 0.717) is 12.0 Å². The summed E-state index contributed by atoms with van der Waals surface area (Å²) in [5, 5.41) is 1.37. The molecule has 0 aliphatic heterocycles. The van der Waals surface area contributed by atoms with E-state index in [1.807, 2.05) is 0 Å². The van der Waals surface area contributed by atoms with Gasteiger partial charge in [0.2, 0.25) is 0 Å². The summed E-state index contributed by atoms with van der Waals surface area (Å²) in [6.45, 7) is 8.98. The maximum Gasteiger partial charge on any atom is 0.0482 e. The lowest BCUT2D eigenvalue weighted by atomic mass is 9.97. The van der Waals surface area contributed by atoms with E-state index in [1.54, 1.807) is 0 Å². The zero-order valence-corrected chi connectivity index (χ0v) is 10.7. The maximum atomic E-state index is 2.34. The molecule has 2 aromatic rings. The van der Waals surface area contributed by atoms with E-state index in [9.17, 15) is 0 Å². The van der Waals surface area contributed by atoms with E-state index in [4.69, 9.17) is 0 Å². The van der Waals surface area contributed by atoms with Gasteiger partial charge in [0.1, 0.15) is 0 Å². The van der Waals surface area contributed by atoms with E-state index < -0.39 is 0 Å². The molecule has 0 radical (unpaired) electrons. The lowest BCUT2D eigenvalue weighted by Gasteiger charge is -2.12. The van der Waals surface area contributed by atoms with Gasteiger partial charge in [-0.1, -0.05) is 19.9 Å². The van der Waals surface area contributed by atoms with Crippen molar-refractivity contribution in [2.75, 3.05) is 0 Å². The van der Waals surface area contributed by atoms with Crippen molar-refractivity contribution in [3.8, 4) is 0 Å². The Hall–Kier alpha value is -1.24. The molecule has 1 heterocycles. The average molecular weight is 215 g/mol. The van der Waals surface area contributed by atoms with Crippen LogP contribution in [0.25, 0.3) is 10.9 Å². The second-order valence-corrected chi connectivity index (χ2v) is 4.94. The highest BCUT2D eigenvalue weighted by Crippen LogP contribution is 2.25. The van der Waals surface area contributed by atoms with Crippen molar-refractivity contribution >= 4 is 10.9 Å². The summed E-state index contributed by atoms with van der Waals surface area (Å²) >= 11 is 0. The van der Waals surface area contributed by atoms with Crippen molar-refractivity contribution in [3.05, 3.63) is 36.0 Å². The number of nitrogens with zero attached hydrogens (tertiary/aromatic N) is 1. The molecule has 0 N–H and O–H groups in total. The molecule has 0 aliphatic rings. The third-order valence-corrected chi connectivity index (χ3v) is 3.48. The second kappa shape index (κ2) is 4.32. The first-order valence-electron chi connectivity index (χ1n) is 6.24. The van der Waals surface area contributed by atoms with Crippen LogP contribution >= 0.6 is 0 Å². The first-order valence-corrected chi connectivity index (χ1v) is 6.24. The van der Waals surface area contributed by atoms with Crippen LogP contribution in [0.2, 0.25) is 0 Å². The van der Waals surface area contributed by atoms with Crippen molar-refractivity contribution in [1.29, 1.82) is 0 Å². The number of benzene rings is 1. The van der Waals surface area contributed by atoms with Gasteiger partial charge in [0.15, 0.2) is 0 Å². The molecule has 0 amide bonds. The Bertz CT molecular complexity index is 479. The molecule has 0 spiro atoms. The topological polar surface area (TPSA) is 4.93 Å². The highest BCUT2D eigenvalue weighted by molar-refractivity contribution is 5.81. The van der Waals surface area contributed by atoms with Crippen LogP contribution in [0.5, 0.6) is 0 Å². The van der Waals surface area contributed by atoms with Gasteiger partial charge in [-0.3, -0.25) is 0 Å². The standard InChI is InChI=1S/C15H21N/c1-5-12(4)13-6-7-15-14(10-13)8-9-16(15)11(2)3/h6-12H,5H2,1-4H3. The Morgan fingerprint density at radius 1 is 1.12 bits per heavy atom. The molecule has 0 saturated carbocycles. The van der Waals surface area contributed by atoms with Crippen molar-refractivity contribution in [3.63, 3.8) is 0 Å². The van der Waals surface area contributed by atoms with Crippen LogP contribution in [0, 0.1) is 0 Å². The van der Waals surface area contributed by atoms with Gasteiger partial charge in [-0.25, -0.2) is 0 Å². The summed E-state index contributed by atoms with van der Waals surface area (Å²) in [6, 6.07) is 9.63. The van der Waals surface area contributed by atoms with Gasteiger partial charge in [0, 0.05) is 17.8 Å². The first kappa shape index (κ1) is 11.3. The fraction of sp³-hybridized carbons (Fsp3) is 0.467. The van der Waals surface area contributed by atoms with Gasteiger partial charge in [-0.15, -0.1) is 0 Å². The molecule has 1 heteroatoms. The minimum atomic E-state index is 0.534. The Balaban J connectivity index is 2.49. The second-order valence-electron chi connectivity index (χ2n) is 4.94. The zero-order chi connectivity index (χ0) is 11.7. The molecule has 16 heavy (non-hydrogen) atoms. The molecule has 1 aromatic heterocycles. The molecule has 0 bridgehead atoms. The normalized spacial score (nSPS) is 13.6. The Kier molecular flexibility index (Phi) is 3.04. The minimum Gasteiger partial charge on any atom is -0.345 e. The predicted molar refractivity (Wildman–Crippen MR) is 71.0 cm³/mol. The minimum absolute atomic E-state index is 0.534. The Morgan fingerprint density at radius 2 is 1.88 bits per heavy atom. The number of fused-ring (bicyclic) bond motifs is 1. The van der Waals surface area contributed by atoms with Crippen LogP contribution < -0.4 is 0 Å². The van der Waals surface area contributed by atoms with Crippen LogP contribution in [-0.2, 0) is 0 Å². The summed E-state index contributed by atoms with van der Waals surface area (Å²) in [7, 11) is 0. The summed E-state index contributed by atoms with van der Waals surface area (Å²) in [5.41, 5.74) is 2.80. The number of rotatable bonds is 3. The smallest absolute Gasteiger partial charge is 0.0482 e. The number of hydrogen-bond donors (Lipinski definition) is 0. The molecular weight excluding hydrogens is 194 g/mol. The molecule has 1 atom stereocenters. The van der Waals surface area contributed by atoms with Crippen LogP contribution in [-0.4, -0.2) is 4.57 Å². The summed E-state index contributed by atoms with van der Waals surface area (Å²) < 4.78 is 2.33. The SMILES string of the molecule is CCC(C)c1ccc2c(ccn2C(C)C)c1. The zero-order valence-electron chi connectivity index (χ0n) is 10.7. The van der Waals surface area contributed by atoms with E-state index in [2.05, 4.69) is 62.7 Å². The molecule has 1 aromatic carbocycles. The van der Waals surface area contributed by atoms with Gasteiger partial charge < -0.3 is 4.57 Å².